The van der Waals surface area contributed by atoms with Crippen molar-refractivity contribution in [2.75, 3.05) is 38.6 Å². The maximum absolute atomic E-state index is 12.5. The lowest BCUT2D eigenvalue weighted by molar-refractivity contribution is 0.141. The van der Waals surface area contributed by atoms with Gasteiger partial charge in [0, 0.05) is 44.0 Å². The first-order valence-corrected chi connectivity index (χ1v) is 10.1. The van der Waals surface area contributed by atoms with Gasteiger partial charge in [0.05, 0.1) is 12.8 Å². The zero-order valence-electron chi connectivity index (χ0n) is 17.3. The highest BCUT2D eigenvalue weighted by molar-refractivity contribution is 5.89. The van der Waals surface area contributed by atoms with Crippen LogP contribution < -0.4 is 10.1 Å². The van der Waals surface area contributed by atoms with Crippen molar-refractivity contribution in [3.63, 3.8) is 0 Å². The van der Waals surface area contributed by atoms with Crippen LogP contribution in [-0.4, -0.2) is 54.1 Å². The van der Waals surface area contributed by atoms with Crippen LogP contribution in [0.5, 0.6) is 5.75 Å². The highest BCUT2D eigenvalue weighted by Crippen LogP contribution is 2.25. The molecule has 0 bridgehead atoms. The Kier molecular flexibility index (Phi) is 5.99. The van der Waals surface area contributed by atoms with Crippen LogP contribution >= 0.6 is 0 Å². The van der Waals surface area contributed by atoms with Gasteiger partial charge in [0.25, 0.3) is 0 Å². The number of anilines is 1. The van der Waals surface area contributed by atoms with Crippen molar-refractivity contribution in [3.8, 4) is 17.2 Å². The van der Waals surface area contributed by atoms with E-state index in [1.165, 1.54) is 0 Å². The van der Waals surface area contributed by atoms with E-state index in [2.05, 4.69) is 10.2 Å². The predicted octanol–water partition coefficient (Wildman–Crippen LogP) is 4.01. The molecule has 0 radical (unpaired) electrons. The first-order valence-electron chi connectivity index (χ1n) is 10.1. The van der Waals surface area contributed by atoms with Crippen LogP contribution in [0.1, 0.15) is 11.5 Å². The fraction of sp³-hybridized carbons (Fsp3) is 0.304. The number of para-hydroxylation sites is 1. The van der Waals surface area contributed by atoms with Gasteiger partial charge in [0.1, 0.15) is 11.5 Å². The largest absolute Gasteiger partial charge is 0.497 e. The molecule has 30 heavy (non-hydrogen) atoms. The number of piperazine rings is 1. The second-order valence-electron chi connectivity index (χ2n) is 7.31. The molecule has 1 fully saturated rings. The van der Waals surface area contributed by atoms with Crippen LogP contribution in [-0.2, 0) is 6.54 Å². The summed E-state index contributed by atoms with van der Waals surface area (Å²) >= 11 is 0. The molecule has 1 aliphatic heterocycles. The molecule has 2 amide bonds. The molecule has 1 N–H and O–H groups in total. The number of aromatic nitrogens is 1. The molecule has 1 saturated heterocycles. The highest BCUT2D eigenvalue weighted by atomic mass is 16.5. The average Bonchev–Trinajstić information content (AvgIpc) is 3.15. The Bertz CT molecular complexity index is 977. The number of carbonyl (C=O) groups excluding carboxylic acids is 1. The van der Waals surface area contributed by atoms with Crippen LogP contribution in [0.2, 0.25) is 0 Å². The van der Waals surface area contributed by atoms with Crippen LogP contribution in [0.15, 0.2) is 59.0 Å². The summed E-state index contributed by atoms with van der Waals surface area (Å²) < 4.78 is 11.1. The smallest absolute Gasteiger partial charge is 0.321 e. The molecule has 3 aromatic rings. The third-order valence-corrected chi connectivity index (χ3v) is 5.29. The van der Waals surface area contributed by atoms with E-state index in [1.54, 1.807) is 7.11 Å². The van der Waals surface area contributed by atoms with Gasteiger partial charge in [-0.15, -0.1) is 0 Å². The quantitative estimate of drug-likeness (QED) is 0.693. The van der Waals surface area contributed by atoms with Gasteiger partial charge in [-0.2, -0.15) is 0 Å². The number of carbonyl (C=O) groups is 1. The minimum Gasteiger partial charge on any atom is -0.497 e. The third kappa shape index (κ3) is 4.63. The summed E-state index contributed by atoms with van der Waals surface area (Å²) in [5, 5.41) is 2.95. The van der Waals surface area contributed by atoms with E-state index in [4.69, 9.17) is 14.1 Å². The van der Waals surface area contributed by atoms with Crippen LogP contribution in [0.4, 0.5) is 10.5 Å². The Morgan fingerprint density at radius 2 is 1.77 bits per heavy atom. The summed E-state index contributed by atoms with van der Waals surface area (Å²) in [5.41, 5.74) is 2.67. The van der Waals surface area contributed by atoms with Crippen molar-refractivity contribution in [2.24, 2.45) is 0 Å². The van der Waals surface area contributed by atoms with Crippen molar-refractivity contribution >= 4 is 11.7 Å². The summed E-state index contributed by atoms with van der Waals surface area (Å²) in [6.45, 7) is 5.61. The van der Waals surface area contributed by atoms with E-state index in [9.17, 15) is 4.79 Å². The van der Waals surface area contributed by atoms with E-state index >= 15 is 0 Å². The van der Waals surface area contributed by atoms with Crippen molar-refractivity contribution in [3.05, 3.63) is 66.1 Å². The fourth-order valence-corrected chi connectivity index (χ4v) is 3.48. The summed E-state index contributed by atoms with van der Waals surface area (Å²) in [6.07, 6.45) is 0. The molecule has 7 nitrogen and oxygen atoms in total. The third-order valence-electron chi connectivity index (χ3n) is 5.29. The second-order valence-corrected chi connectivity index (χ2v) is 7.31. The van der Waals surface area contributed by atoms with Crippen molar-refractivity contribution in [2.45, 2.75) is 13.5 Å². The lowest BCUT2D eigenvalue weighted by Crippen LogP contribution is -2.49. The van der Waals surface area contributed by atoms with Gasteiger partial charge >= 0.3 is 6.03 Å². The number of methoxy groups -OCH3 is 1. The van der Waals surface area contributed by atoms with E-state index in [-0.39, 0.29) is 6.03 Å². The second kappa shape index (κ2) is 9.00. The van der Waals surface area contributed by atoms with E-state index < -0.39 is 0 Å². The summed E-state index contributed by atoms with van der Waals surface area (Å²) in [6, 6.07) is 17.2. The number of urea groups is 1. The fourth-order valence-electron chi connectivity index (χ4n) is 3.48. The van der Waals surface area contributed by atoms with Crippen LogP contribution in [0, 0.1) is 6.92 Å². The lowest BCUT2D eigenvalue weighted by Gasteiger charge is -2.34. The number of rotatable bonds is 5. The van der Waals surface area contributed by atoms with E-state index in [0.717, 1.165) is 41.5 Å². The number of aryl methyl sites for hydroxylation is 1. The Labute approximate surface area is 176 Å². The van der Waals surface area contributed by atoms with Crippen molar-refractivity contribution in [1.82, 2.24) is 14.8 Å². The molecule has 0 spiro atoms. The van der Waals surface area contributed by atoms with Gasteiger partial charge in [-0.05, 0) is 43.3 Å². The molecule has 0 atom stereocenters. The maximum Gasteiger partial charge on any atom is 0.321 e. The molecule has 1 aromatic heterocycles. The Balaban J connectivity index is 1.32. The number of hydrogen-bond donors (Lipinski definition) is 1. The van der Waals surface area contributed by atoms with Crippen molar-refractivity contribution in [1.29, 1.82) is 0 Å². The number of nitrogens with zero attached hydrogens (tertiary/aromatic N) is 3. The van der Waals surface area contributed by atoms with E-state index in [1.807, 2.05) is 66.4 Å². The Morgan fingerprint density at radius 3 is 2.43 bits per heavy atom. The number of benzene rings is 2. The molecule has 0 saturated carbocycles. The van der Waals surface area contributed by atoms with Crippen molar-refractivity contribution < 1.29 is 13.9 Å². The maximum atomic E-state index is 12.5. The minimum absolute atomic E-state index is 0.0553. The molecule has 1 aliphatic rings. The highest BCUT2D eigenvalue weighted by Gasteiger charge is 2.23. The summed E-state index contributed by atoms with van der Waals surface area (Å²) in [4.78, 5) is 21.3. The average molecular weight is 406 g/mol. The molecule has 0 unspecified atom stereocenters. The number of amides is 2. The molecule has 0 aliphatic carbocycles. The lowest BCUT2D eigenvalue weighted by atomic mass is 10.2. The predicted molar refractivity (Wildman–Crippen MR) is 116 cm³/mol. The minimum atomic E-state index is -0.0553. The van der Waals surface area contributed by atoms with Gasteiger partial charge in [-0.1, -0.05) is 18.2 Å². The molecular formula is C23H26N4O3. The topological polar surface area (TPSA) is 70.8 Å². The van der Waals surface area contributed by atoms with Crippen LogP contribution in [0.25, 0.3) is 11.5 Å². The molecule has 2 aromatic carbocycles. The Hall–Kier alpha value is -3.32. The number of hydrogen-bond acceptors (Lipinski definition) is 5. The SMILES string of the molecule is COc1ccc(-c2nc(CN3CCN(C(=O)Nc4ccccc4)CC3)c(C)o2)cc1. The Morgan fingerprint density at radius 1 is 1.07 bits per heavy atom. The molecule has 156 valence electrons. The number of ether oxygens (including phenoxy) is 1. The number of oxazole rings is 1. The first-order chi connectivity index (χ1) is 14.6. The molecule has 7 heteroatoms. The summed E-state index contributed by atoms with van der Waals surface area (Å²) in [7, 11) is 1.65. The number of nitrogens with one attached hydrogen (secondary N) is 1. The van der Waals surface area contributed by atoms with Crippen LogP contribution in [0.3, 0.4) is 0 Å². The van der Waals surface area contributed by atoms with E-state index in [0.29, 0.717) is 25.5 Å². The first kappa shape index (κ1) is 20.0. The van der Waals surface area contributed by atoms with Gasteiger partial charge in [-0.25, -0.2) is 9.78 Å². The van der Waals surface area contributed by atoms with Gasteiger partial charge in [0.2, 0.25) is 5.89 Å². The zero-order valence-corrected chi connectivity index (χ0v) is 17.3. The van der Waals surface area contributed by atoms with Gasteiger partial charge < -0.3 is 19.4 Å². The summed E-state index contributed by atoms with van der Waals surface area (Å²) in [5.74, 6) is 2.24. The molecule has 4 rings (SSSR count). The molecular weight excluding hydrogens is 380 g/mol. The normalized spacial score (nSPS) is 14.5. The standard InChI is InChI=1S/C23H26N4O3/c1-17-21(25-22(30-17)18-8-10-20(29-2)11-9-18)16-26-12-14-27(15-13-26)23(28)24-19-6-4-3-5-7-19/h3-11H,12-16H2,1-2H3,(H,24,28). The zero-order chi connectivity index (χ0) is 20.9. The van der Waals surface area contributed by atoms with Gasteiger partial charge in [0.15, 0.2) is 0 Å². The molecule has 2 heterocycles. The van der Waals surface area contributed by atoms with Gasteiger partial charge in [-0.3, -0.25) is 4.90 Å². The monoisotopic (exact) mass is 406 g/mol.